The van der Waals surface area contributed by atoms with Crippen molar-refractivity contribution in [2.75, 3.05) is 25.6 Å². The van der Waals surface area contributed by atoms with E-state index < -0.39 is 32.7 Å². The first-order chi connectivity index (χ1) is 11.4. The van der Waals surface area contributed by atoms with Gasteiger partial charge in [-0.15, -0.1) is 0 Å². The number of hydrogen-bond donors (Lipinski definition) is 4. The molecule has 0 aromatic carbocycles. The molecule has 0 saturated carbocycles. The molecule has 5 atom stereocenters. The first-order valence-corrected chi connectivity index (χ1v) is 8.61. The van der Waals surface area contributed by atoms with E-state index in [4.69, 9.17) is 24.6 Å². The zero-order valence-electron chi connectivity index (χ0n) is 13.2. The van der Waals surface area contributed by atoms with Gasteiger partial charge in [-0.3, -0.25) is 4.57 Å². The Morgan fingerprint density at radius 1 is 1.50 bits per heavy atom. The van der Waals surface area contributed by atoms with Crippen LogP contribution in [-0.4, -0.2) is 56.7 Å². The highest BCUT2D eigenvalue weighted by molar-refractivity contribution is 7.40. The highest BCUT2D eigenvalue weighted by Gasteiger charge is 2.42. The average Bonchev–Trinajstić information content (AvgIpc) is 2.81. The zero-order chi connectivity index (χ0) is 17.7. The van der Waals surface area contributed by atoms with Crippen LogP contribution in [-0.2, 0) is 13.8 Å². The second kappa shape index (κ2) is 8.82. The fourth-order valence-corrected chi connectivity index (χ4v) is 2.98. The first-order valence-electron chi connectivity index (χ1n) is 7.48. The summed E-state index contributed by atoms with van der Waals surface area (Å²) in [5.74, 6) is -0.282. The number of anilines is 1. The molecule has 0 radical (unpaired) electrons. The van der Waals surface area contributed by atoms with Crippen LogP contribution in [0.15, 0.2) is 17.1 Å². The van der Waals surface area contributed by atoms with Gasteiger partial charge >= 0.3 is 14.3 Å². The van der Waals surface area contributed by atoms with Crippen molar-refractivity contribution in [2.24, 2.45) is 5.92 Å². The maximum Gasteiger partial charge on any atom is 0.351 e. The molecule has 0 aliphatic carbocycles. The van der Waals surface area contributed by atoms with E-state index in [1.807, 2.05) is 0 Å². The topological polar surface area (TPSA) is 149 Å². The van der Waals surface area contributed by atoms with Gasteiger partial charge in [0.15, 0.2) is 0 Å². The molecule has 11 heteroatoms. The van der Waals surface area contributed by atoms with Gasteiger partial charge in [0, 0.05) is 18.7 Å². The van der Waals surface area contributed by atoms with Gasteiger partial charge in [0.1, 0.15) is 18.1 Å². The van der Waals surface area contributed by atoms with Crippen LogP contribution in [0.2, 0.25) is 0 Å². The normalized spacial score (nSPS) is 28.2. The van der Waals surface area contributed by atoms with Gasteiger partial charge < -0.3 is 34.6 Å². The molecule has 1 aliphatic heterocycles. The number of nitrogens with zero attached hydrogens (tertiary/aromatic N) is 2. The molecule has 1 fully saturated rings. The lowest BCUT2D eigenvalue weighted by atomic mass is 10.0. The van der Waals surface area contributed by atoms with E-state index in [2.05, 4.69) is 4.98 Å². The predicted octanol–water partition coefficient (Wildman–Crippen LogP) is -0.645. The van der Waals surface area contributed by atoms with E-state index in [1.165, 1.54) is 16.8 Å². The van der Waals surface area contributed by atoms with E-state index >= 15 is 0 Å². The molecule has 2 rings (SSSR count). The summed E-state index contributed by atoms with van der Waals surface area (Å²) >= 11 is 0. The third kappa shape index (κ3) is 4.70. The molecule has 1 saturated heterocycles. The minimum atomic E-state index is -2.12. The molecule has 2 heterocycles. The van der Waals surface area contributed by atoms with Crippen LogP contribution in [0.5, 0.6) is 0 Å². The molecule has 0 spiro atoms. The second-order valence-electron chi connectivity index (χ2n) is 5.40. The molecule has 24 heavy (non-hydrogen) atoms. The highest BCUT2D eigenvalue weighted by Crippen LogP contribution is 2.38. The maximum absolute atomic E-state index is 11.9. The third-order valence-corrected chi connectivity index (χ3v) is 4.44. The third-order valence-electron chi connectivity index (χ3n) is 3.66. The Kier molecular flexibility index (Phi) is 7.05. The highest BCUT2D eigenvalue weighted by atomic mass is 31.2. The number of nitrogens with two attached hydrogens (primary N) is 1. The predicted molar refractivity (Wildman–Crippen MR) is 84.7 cm³/mol. The SMILES string of the molecule is CC1C(O)C(COP(O)OCCCO)OC1n1ccc(N)nc1=O. The van der Waals surface area contributed by atoms with Crippen LogP contribution < -0.4 is 11.4 Å². The number of hydrogen-bond acceptors (Lipinski definition) is 9. The molecule has 0 amide bonds. The van der Waals surface area contributed by atoms with Crippen LogP contribution in [0.1, 0.15) is 19.6 Å². The Balaban J connectivity index is 1.93. The van der Waals surface area contributed by atoms with Crippen LogP contribution in [0.3, 0.4) is 0 Å². The van der Waals surface area contributed by atoms with E-state index in [0.717, 1.165) is 0 Å². The average molecular weight is 363 g/mol. The Bertz CT molecular complexity index is 587. The molecule has 5 N–H and O–H groups in total. The number of rotatable bonds is 8. The summed E-state index contributed by atoms with van der Waals surface area (Å²) in [6.45, 7) is 1.76. The lowest BCUT2D eigenvalue weighted by Crippen LogP contribution is -2.31. The van der Waals surface area contributed by atoms with Crippen LogP contribution in [0, 0.1) is 5.92 Å². The summed E-state index contributed by atoms with van der Waals surface area (Å²) in [5, 5.41) is 18.9. The lowest BCUT2D eigenvalue weighted by Gasteiger charge is -2.18. The monoisotopic (exact) mass is 363 g/mol. The molecule has 1 aliphatic rings. The first kappa shape index (κ1) is 19.2. The minimum absolute atomic E-state index is 0.0444. The van der Waals surface area contributed by atoms with Crippen molar-refractivity contribution in [3.63, 3.8) is 0 Å². The second-order valence-corrected chi connectivity index (χ2v) is 6.39. The molecular weight excluding hydrogens is 341 g/mol. The number of aliphatic hydroxyl groups is 2. The summed E-state index contributed by atoms with van der Waals surface area (Å²) in [7, 11) is -2.12. The summed E-state index contributed by atoms with van der Waals surface area (Å²) in [6.07, 6.45) is -0.487. The Hall–Kier alpha value is -1.13. The molecule has 1 aromatic heterocycles. The summed E-state index contributed by atoms with van der Waals surface area (Å²) in [6, 6.07) is 1.47. The fourth-order valence-electron chi connectivity index (χ4n) is 2.35. The summed E-state index contributed by atoms with van der Waals surface area (Å²) < 4.78 is 17.0. The quantitative estimate of drug-likeness (QED) is 0.349. The Morgan fingerprint density at radius 3 is 2.92 bits per heavy atom. The van der Waals surface area contributed by atoms with Crippen molar-refractivity contribution in [3.8, 4) is 0 Å². The van der Waals surface area contributed by atoms with Gasteiger partial charge in [0.2, 0.25) is 0 Å². The summed E-state index contributed by atoms with van der Waals surface area (Å²) in [5.41, 5.74) is 4.88. The van der Waals surface area contributed by atoms with Gasteiger partial charge in [0.05, 0.1) is 19.3 Å². The standard InChI is InChI=1S/C13H22N3O7P/c1-8-11(18)9(7-22-24(20)21-6-2-5-17)23-12(8)16-4-3-10(14)15-13(16)19/h3-4,8-9,11-12,17-18,20H,2,5-7H2,1H3,(H2,14,15,19). The molecule has 0 bridgehead atoms. The minimum Gasteiger partial charge on any atom is -0.396 e. The van der Waals surface area contributed by atoms with Crippen molar-refractivity contribution in [2.45, 2.75) is 31.8 Å². The van der Waals surface area contributed by atoms with Crippen molar-refractivity contribution >= 4 is 14.4 Å². The van der Waals surface area contributed by atoms with Crippen molar-refractivity contribution < 1.29 is 28.9 Å². The number of aliphatic hydroxyl groups excluding tert-OH is 2. The van der Waals surface area contributed by atoms with Crippen molar-refractivity contribution in [1.82, 2.24) is 9.55 Å². The maximum atomic E-state index is 11.9. The molecular formula is C13H22N3O7P. The number of ether oxygens (including phenoxy) is 1. The van der Waals surface area contributed by atoms with E-state index in [-0.39, 0.29) is 31.6 Å². The molecule has 5 unspecified atom stereocenters. The van der Waals surface area contributed by atoms with Gasteiger partial charge in [-0.05, 0) is 12.5 Å². The van der Waals surface area contributed by atoms with Crippen molar-refractivity contribution in [3.05, 3.63) is 22.7 Å². The van der Waals surface area contributed by atoms with E-state index in [0.29, 0.717) is 6.42 Å². The van der Waals surface area contributed by atoms with Gasteiger partial charge in [-0.25, -0.2) is 4.79 Å². The molecule has 1 aromatic rings. The van der Waals surface area contributed by atoms with Crippen molar-refractivity contribution in [1.29, 1.82) is 0 Å². The van der Waals surface area contributed by atoms with Gasteiger partial charge in [-0.1, -0.05) is 6.92 Å². The fraction of sp³-hybridized carbons (Fsp3) is 0.692. The van der Waals surface area contributed by atoms with E-state index in [1.54, 1.807) is 6.92 Å². The Labute approximate surface area is 139 Å². The largest absolute Gasteiger partial charge is 0.396 e. The molecule has 10 nitrogen and oxygen atoms in total. The molecule has 136 valence electrons. The lowest BCUT2D eigenvalue weighted by molar-refractivity contribution is -0.0453. The zero-order valence-corrected chi connectivity index (χ0v) is 14.1. The van der Waals surface area contributed by atoms with Crippen LogP contribution in [0.25, 0.3) is 0 Å². The summed E-state index contributed by atoms with van der Waals surface area (Å²) in [4.78, 5) is 25.1. The Morgan fingerprint density at radius 2 is 2.25 bits per heavy atom. The van der Waals surface area contributed by atoms with E-state index in [9.17, 15) is 14.8 Å². The number of aromatic nitrogens is 2. The van der Waals surface area contributed by atoms with Gasteiger partial charge in [0.25, 0.3) is 0 Å². The van der Waals surface area contributed by atoms with Crippen LogP contribution >= 0.6 is 8.60 Å². The smallest absolute Gasteiger partial charge is 0.351 e. The van der Waals surface area contributed by atoms with Gasteiger partial charge in [-0.2, -0.15) is 4.98 Å². The number of nitrogen functional groups attached to an aromatic ring is 1. The van der Waals surface area contributed by atoms with Crippen LogP contribution in [0.4, 0.5) is 5.82 Å².